The summed E-state index contributed by atoms with van der Waals surface area (Å²) in [5.41, 5.74) is 0.904. The Morgan fingerprint density at radius 1 is 1.25 bits per heavy atom. The zero-order valence-corrected chi connectivity index (χ0v) is 6.76. The lowest BCUT2D eigenvalue weighted by atomic mass is 10.3. The molecule has 1 aromatic rings. The zero-order valence-electron chi connectivity index (χ0n) is 6.76. The summed E-state index contributed by atoms with van der Waals surface area (Å²) in [5.74, 6) is 0.242. The molecule has 0 radical (unpaired) electrons. The third-order valence-electron chi connectivity index (χ3n) is 1.51. The molecule has 0 aliphatic carbocycles. The van der Waals surface area contributed by atoms with Crippen molar-refractivity contribution >= 4 is 5.69 Å². The van der Waals surface area contributed by atoms with Crippen LogP contribution >= 0.6 is 0 Å². The predicted molar refractivity (Wildman–Crippen MR) is 47.2 cm³/mol. The molecule has 0 saturated heterocycles. The lowest BCUT2D eigenvalue weighted by molar-refractivity contribution is 0.475. The largest absolute Gasteiger partial charge is 0.508 e. The van der Waals surface area contributed by atoms with E-state index in [0.717, 1.165) is 5.69 Å². The van der Waals surface area contributed by atoms with E-state index in [1.54, 1.807) is 24.3 Å². The molecule has 3 heteroatoms. The molecular weight excluding hydrogens is 157 g/mol. The number of aromatic hydroxyl groups is 1. The van der Waals surface area contributed by atoms with E-state index in [1.165, 1.54) is 0 Å². The van der Waals surface area contributed by atoms with E-state index >= 15 is 0 Å². The molecule has 0 amide bonds. The number of phenols is 1. The molecule has 0 fully saturated rings. The molecule has 1 aromatic carbocycles. The number of hydrogen-bond donors (Lipinski definition) is 2. The topological polar surface area (TPSA) is 32.3 Å². The minimum atomic E-state index is -0.301. The molecule has 0 aromatic heterocycles. The second-order valence-electron chi connectivity index (χ2n) is 2.52. The number of halogens is 1. The molecule has 0 aliphatic rings. The zero-order chi connectivity index (χ0) is 8.81. The van der Waals surface area contributed by atoms with Crippen LogP contribution in [0.1, 0.15) is 6.42 Å². The molecule has 0 saturated carbocycles. The summed E-state index contributed by atoms with van der Waals surface area (Å²) in [7, 11) is 0. The van der Waals surface area contributed by atoms with Gasteiger partial charge in [-0.2, -0.15) is 0 Å². The summed E-state index contributed by atoms with van der Waals surface area (Å²) in [6.07, 6.45) is 0.515. The maximum absolute atomic E-state index is 11.7. The number of alkyl halides is 1. The normalized spacial score (nSPS) is 9.75. The van der Waals surface area contributed by atoms with Crippen LogP contribution in [-0.2, 0) is 0 Å². The first-order valence-corrected chi connectivity index (χ1v) is 3.92. The summed E-state index contributed by atoms with van der Waals surface area (Å²) < 4.78 is 11.7. The maximum Gasteiger partial charge on any atom is 0.115 e. The van der Waals surface area contributed by atoms with E-state index in [0.29, 0.717) is 13.0 Å². The maximum atomic E-state index is 11.7. The molecule has 2 nitrogen and oxygen atoms in total. The monoisotopic (exact) mass is 169 g/mol. The summed E-state index contributed by atoms with van der Waals surface area (Å²) in [4.78, 5) is 0. The predicted octanol–water partition coefficient (Wildman–Crippen LogP) is 2.16. The first-order chi connectivity index (χ1) is 5.83. The molecule has 0 unspecified atom stereocenters. The van der Waals surface area contributed by atoms with E-state index in [-0.39, 0.29) is 12.4 Å². The van der Waals surface area contributed by atoms with Crippen molar-refractivity contribution in [3.63, 3.8) is 0 Å². The van der Waals surface area contributed by atoms with Crippen LogP contribution in [0.2, 0.25) is 0 Å². The van der Waals surface area contributed by atoms with Crippen molar-refractivity contribution in [2.45, 2.75) is 6.42 Å². The summed E-state index contributed by atoms with van der Waals surface area (Å²) in [5, 5.41) is 12.0. The first kappa shape index (κ1) is 8.84. The van der Waals surface area contributed by atoms with Crippen molar-refractivity contribution in [2.75, 3.05) is 18.5 Å². The molecule has 66 valence electrons. The van der Waals surface area contributed by atoms with Crippen LogP contribution in [0.15, 0.2) is 24.3 Å². The van der Waals surface area contributed by atoms with E-state index in [4.69, 9.17) is 5.11 Å². The van der Waals surface area contributed by atoms with Crippen LogP contribution in [0.5, 0.6) is 5.75 Å². The van der Waals surface area contributed by atoms with Crippen LogP contribution in [0, 0.1) is 0 Å². The standard InChI is InChI=1S/C9H12FNO/c10-6-1-7-11-8-2-4-9(12)5-3-8/h2-5,11-12H,1,6-7H2. The van der Waals surface area contributed by atoms with Crippen molar-refractivity contribution in [3.05, 3.63) is 24.3 Å². The summed E-state index contributed by atoms with van der Waals surface area (Å²) >= 11 is 0. The van der Waals surface area contributed by atoms with Gasteiger partial charge in [0.25, 0.3) is 0 Å². The van der Waals surface area contributed by atoms with Gasteiger partial charge >= 0.3 is 0 Å². The van der Waals surface area contributed by atoms with Crippen LogP contribution in [0.3, 0.4) is 0 Å². The van der Waals surface area contributed by atoms with Gasteiger partial charge in [0.1, 0.15) is 5.75 Å². The Morgan fingerprint density at radius 2 is 1.92 bits per heavy atom. The number of benzene rings is 1. The van der Waals surface area contributed by atoms with Crippen molar-refractivity contribution in [3.8, 4) is 5.75 Å². The molecular formula is C9H12FNO. The Morgan fingerprint density at radius 3 is 2.50 bits per heavy atom. The minimum absolute atomic E-state index is 0.242. The lowest BCUT2D eigenvalue weighted by Gasteiger charge is -2.03. The fourth-order valence-corrected chi connectivity index (χ4v) is 0.879. The van der Waals surface area contributed by atoms with Gasteiger partial charge in [-0.15, -0.1) is 0 Å². The van der Waals surface area contributed by atoms with Gasteiger partial charge in [0.15, 0.2) is 0 Å². The van der Waals surface area contributed by atoms with Crippen molar-refractivity contribution < 1.29 is 9.50 Å². The van der Waals surface area contributed by atoms with Gasteiger partial charge in [0.05, 0.1) is 6.67 Å². The third kappa shape index (κ3) is 2.78. The minimum Gasteiger partial charge on any atom is -0.508 e. The van der Waals surface area contributed by atoms with Gasteiger partial charge in [-0.3, -0.25) is 4.39 Å². The Hall–Kier alpha value is -1.25. The van der Waals surface area contributed by atoms with Gasteiger partial charge < -0.3 is 10.4 Å². The number of phenolic OH excluding ortho intramolecular Hbond substituents is 1. The molecule has 1 rings (SSSR count). The number of rotatable bonds is 4. The van der Waals surface area contributed by atoms with Crippen LogP contribution in [0.4, 0.5) is 10.1 Å². The average molecular weight is 169 g/mol. The van der Waals surface area contributed by atoms with Crippen LogP contribution in [-0.4, -0.2) is 18.3 Å². The summed E-state index contributed by atoms with van der Waals surface area (Å²) in [6, 6.07) is 6.71. The number of hydrogen-bond acceptors (Lipinski definition) is 2. The third-order valence-corrected chi connectivity index (χ3v) is 1.51. The van der Waals surface area contributed by atoms with Gasteiger partial charge in [-0.1, -0.05) is 0 Å². The Kier molecular flexibility index (Phi) is 3.38. The van der Waals surface area contributed by atoms with Gasteiger partial charge in [-0.05, 0) is 30.7 Å². The highest BCUT2D eigenvalue weighted by Gasteiger charge is 1.90. The van der Waals surface area contributed by atoms with Crippen molar-refractivity contribution in [1.82, 2.24) is 0 Å². The quantitative estimate of drug-likeness (QED) is 0.534. The highest BCUT2D eigenvalue weighted by molar-refractivity contribution is 5.45. The fourth-order valence-electron chi connectivity index (χ4n) is 0.879. The van der Waals surface area contributed by atoms with Crippen LogP contribution in [0.25, 0.3) is 0 Å². The smallest absolute Gasteiger partial charge is 0.115 e. The Balaban J connectivity index is 2.37. The second kappa shape index (κ2) is 4.59. The number of anilines is 1. The van der Waals surface area contributed by atoms with Crippen LogP contribution < -0.4 is 5.32 Å². The molecule has 2 N–H and O–H groups in total. The van der Waals surface area contributed by atoms with E-state index < -0.39 is 0 Å². The molecule has 0 aliphatic heterocycles. The molecule has 0 heterocycles. The average Bonchev–Trinajstić information content (AvgIpc) is 2.09. The van der Waals surface area contributed by atoms with Crippen molar-refractivity contribution in [1.29, 1.82) is 0 Å². The molecule has 0 spiro atoms. The summed E-state index contributed by atoms with van der Waals surface area (Å²) in [6.45, 7) is 0.326. The van der Waals surface area contributed by atoms with Crippen molar-refractivity contribution in [2.24, 2.45) is 0 Å². The second-order valence-corrected chi connectivity index (χ2v) is 2.52. The molecule has 12 heavy (non-hydrogen) atoms. The van der Waals surface area contributed by atoms with Gasteiger partial charge in [-0.25, -0.2) is 0 Å². The SMILES string of the molecule is Oc1ccc(NCCCF)cc1. The van der Waals surface area contributed by atoms with E-state index in [9.17, 15) is 4.39 Å². The first-order valence-electron chi connectivity index (χ1n) is 3.92. The van der Waals surface area contributed by atoms with Gasteiger partial charge in [0, 0.05) is 12.2 Å². The number of nitrogens with one attached hydrogen (secondary N) is 1. The highest BCUT2D eigenvalue weighted by atomic mass is 19.1. The van der Waals surface area contributed by atoms with E-state index in [1.807, 2.05) is 0 Å². The lowest BCUT2D eigenvalue weighted by Crippen LogP contribution is -2.01. The molecule has 0 atom stereocenters. The highest BCUT2D eigenvalue weighted by Crippen LogP contribution is 2.13. The van der Waals surface area contributed by atoms with E-state index in [2.05, 4.69) is 5.32 Å². The van der Waals surface area contributed by atoms with Gasteiger partial charge in [0.2, 0.25) is 0 Å². The fraction of sp³-hybridized carbons (Fsp3) is 0.333. The molecule has 0 bridgehead atoms. The Bertz CT molecular complexity index is 222. The Labute approximate surface area is 71.0 Å².